The molecule has 1 N–H and O–H groups in total. The van der Waals surface area contributed by atoms with Crippen molar-refractivity contribution in [2.24, 2.45) is 0 Å². The van der Waals surface area contributed by atoms with Crippen LogP contribution in [0.4, 0.5) is 0 Å². The molecule has 22 heavy (non-hydrogen) atoms. The van der Waals surface area contributed by atoms with Crippen LogP contribution in [0.1, 0.15) is 33.1 Å². The molecule has 0 saturated heterocycles. The Morgan fingerprint density at radius 3 is 2.55 bits per heavy atom. The van der Waals surface area contributed by atoms with Crippen molar-refractivity contribution in [3.05, 3.63) is 44.9 Å². The summed E-state index contributed by atoms with van der Waals surface area (Å²) in [5.41, 5.74) is 3.21. The van der Waals surface area contributed by atoms with Crippen LogP contribution in [-0.4, -0.2) is 22.7 Å². The highest BCUT2D eigenvalue weighted by atomic mass is 32.1. The molecular weight excluding hydrogens is 298 g/mol. The van der Waals surface area contributed by atoms with Gasteiger partial charge in [0.2, 0.25) is 0 Å². The molecule has 0 bridgehead atoms. The Kier molecular flexibility index (Phi) is 5.55. The molecule has 0 unspecified atom stereocenters. The molecule has 0 atom stereocenters. The SMILES string of the molecule is Cc1cccc(C)c1OCCc1nc(C)c(CCC(=O)O)s1. The molecule has 5 heteroatoms. The summed E-state index contributed by atoms with van der Waals surface area (Å²) < 4.78 is 5.89. The number of ether oxygens (including phenoxy) is 1. The lowest BCUT2D eigenvalue weighted by atomic mass is 10.1. The lowest BCUT2D eigenvalue weighted by molar-refractivity contribution is -0.136. The van der Waals surface area contributed by atoms with Crippen LogP contribution in [0.25, 0.3) is 0 Å². The zero-order chi connectivity index (χ0) is 16.1. The molecule has 118 valence electrons. The van der Waals surface area contributed by atoms with Crippen LogP contribution < -0.4 is 4.74 Å². The van der Waals surface area contributed by atoms with Gasteiger partial charge < -0.3 is 9.84 Å². The summed E-state index contributed by atoms with van der Waals surface area (Å²) in [7, 11) is 0. The van der Waals surface area contributed by atoms with Gasteiger partial charge in [-0.15, -0.1) is 11.3 Å². The van der Waals surface area contributed by atoms with E-state index in [1.165, 1.54) is 0 Å². The highest BCUT2D eigenvalue weighted by Crippen LogP contribution is 2.24. The number of benzene rings is 1. The third-order valence-corrected chi connectivity index (χ3v) is 4.75. The number of aliphatic carboxylic acids is 1. The Balaban J connectivity index is 1.92. The molecule has 0 fully saturated rings. The molecule has 2 aromatic rings. The topological polar surface area (TPSA) is 59.4 Å². The van der Waals surface area contributed by atoms with Gasteiger partial charge in [0.15, 0.2) is 0 Å². The Hall–Kier alpha value is -1.88. The minimum absolute atomic E-state index is 0.154. The van der Waals surface area contributed by atoms with Crippen LogP contribution in [0.15, 0.2) is 18.2 Å². The van der Waals surface area contributed by atoms with E-state index < -0.39 is 5.97 Å². The molecule has 0 amide bonds. The zero-order valence-electron chi connectivity index (χ0n) is 13.2. The van der Waals surface area contributed by atoms with Crippen molar-refractivity contribution >= 4 is 17.3 Å². The Labute approximate surface area is 134 Å². The largest absolute Gasteiger partial charge is 0.493 e. The minimum atomic E-state index is -0.771. The van der Waals surface area contributed by atoms with E-state index in [9.17, 15) is 4.79 Å². The maximum atomic E-state index is 10.6. The number of aryl methyl sites for hydroxylation is 4. The molecule has 0 saturated carbocycles. The average molecular weight is 319 g/mol. The van der Waals surface area contributed by atoms with E-state index in [1.54, 1.807) is 11.3 Å². The maximum absolute atomic E-state index is 10.6. The van der Waals surface area contributed by atoms with E-state index in [0.29, 0.717) is 13.0 Å². The van der Waals surface area contributed by atoms with E-state index in [1.807, 2.05) is 39.0 Å². The van der Waals surface area contributed by atoms with E-state index in [4.69, 9.17) is 9.84 Å². The molecule has 0 spiro atoms. The van der Waals surface area contributed by atoms with Crippen molar-refractivity contribution in [2.75, 3.05) is 6.61 Å². The molecule has 1 heterocycles. The summed E-state index contributed by atoms with van der Waals surface area (Å²) in [4.78, 5) is 16.2. The van der Waals surface area contributed by atoms with Crippen LogP contribution >= 0.6 is 11.3 Å². The van der Waals surface area contributed by atoms with Gasteiger partial charge in [-0.05, 0) is 38.3 Å². The zero-order valence-corrected chi connectivity index (χ0v) is 14.0. The van der Waals surface area contributed by atoms with Gasteiger partial charge in [0, 0.05) is 11.3 Å². The average Bonchev–Trinajstić information content (AvgIpc) is 2.80. The van der Waals surface area contributed by atoms with Gasteiger partial charge in [0.1, 0.15) is 5.75 Å². The van der Waals surface area contributed by atoms with E-state index >= 15 is 0 Å². The van der Waals surface area contributed by atoms with Gasteiger partial charge in [-0.25, -0.2) is 4.98 Å². The second-order valence-corrected chi connectivity index (χ2v) is 6.50. The quantitative estimate of drug-likeness (QED) is 0.845. The van der Waals surface area contributed by atoms with Gasteiger partial charge in [-0.3, -0.25) is 4.79 Å². The third-order valence-electron chi connectivity index (χ3n) is 3.47. The predicted octanol–water partition coefficient (Wildman–Crippen LogP) is 3.71. The van der Waals surface area contributed by atoms with Gasteiger partial charge in [-0.2, -0.15) is 0 Å². The lowest BCUT2D eigenvalue weighted by Gasteiger charge is -2.10. The number of carbonyl (C=O) groups is 1. The number of para-hydroxylation sites is 1. The second kappa shape index (κ2) is 7.40. The molecule has 2 rings (SSSR count). The monoisotopic (exact) mass is 319 g/mol. The summed E-state index contributed by atoms with van der Waals surface area (Å²) in [6, 6.07) is 6.11. The van der Waals surface area contributed by atoms with Crippen molar-refractivity contribution in [3.8, 4) is 5.75 Å². The van der Waals surface area contributed by atoms with Gasteiger partial charge in [-0.1, -0.05) is 18.2 Å². The smallest absolute Gasteiger partial charge is 0.303 e. The van der Waals surface area contributed by atoms with Gasteiger partial charge in [0.25, 0.3) is 0 Å². The molecule has 1 aromatic heterocycles. The summed E-state index contributed by atoms with van der Waals surface area (Å²) >= 11 is 1.59. The Morgan fingerprint density at radius 2 is 1.91 bits per heavy atom. The number of rotatable bonds is 7. The van der Waals surface area contributed by atoms with Crippen LogP contribution in [0.2, 0.25) is 0 Å². The first-order valence-corrected chi connectivity index (χ1v) is 8.15. The summed E-state index contributed by atoms with van der Waals surface area (Å²) in [6.07, 6.45) is 1.45. The Bertz CT molecular complexity index is 644. The fourth-order valence-corrected chi connectivity index (χ4v) is 3.36. The van der Waals surface area contributed by atoms with Crippen LogP contribution in [-0.2, 0) is 17.6 Å². The molecule has 1 aromatic carbocycles. The number of carboxylic acids is 1. The first kappa shape index (κ1) is 16.5. The van der Waals surface area contributed by atoms with E-state index in [-0.39, 0.29) is 6.42 Å². The predicted molar refractivity (Wildman–Crippen MR) is 87.9 cm³/mol. The van der Waals surface area contributed by atoms with E-state index in [2.05, 4.69) is 4.98 Å². The van der Waals surface area contributed by atoms with Crippen molar-refractivity contribution in [1.82, 2.24) is 4.98 Å². The summed E-state index contributed by atoms with van der Waals surface area (Å²) in [6.45, 7) is 6.60. The molecule has 0 aliphatic heterocycles. The van der Waals surface area contributed by atoms with Gasteiger partial charge >= 0.3 is 5.97 Å². The Morgan fingerprint density at radius 1 is 1.23 bits per heavy atom. The molecule has 0 radical (unpaired) electrons. The third kappa shape index (κ3) is 4.31. The fraction of sp³-hybridized carbons (Fsp3) is 0.412. The molecule has 0 aliphatic carbocycles. The summed E-state index contributed by atoms with van der Waals surface area (Å²) in [5.74, 6) is 0.176. The van der Waals surface area contributed by atoms with Crippen LogP contribution in [0.3, 0.4) is 0 Å². The van der Waals surface area contributed by atoms with Gasteiger partial charge in [0.05, 0.1) is 23.7 Å². The highest BCUT2D eigenvalue weighted by Gasteiger charge is 2.10. The molecular formula is C17H21NO3S. The molecule has 0 aliphatic rings. The van der Waals surface area contributed by atoms with Crippen LogP contribution in [0, 0.1) is 20.8 Å². The van der Waals surface area contributed by atoms with Crippen LogP contribution in [0.5, 0.6) is 5.75 Å². The molecule has 4 nitrogen and oxygen atoms in total. The number of thiazole rings is 1. The number of nitrogens with zero attached hydrogens (tertiary/aromatic N) is 1. The lowest BCUT2D eigenvalue weighted by Crippen LogP contribution is -2.03. The highest BCUT2D eigenvalue weighted by molar-refractivity contribution is 7.11. The second-order valence-electron chi connectivity index (χ2n) is 5.33. The fourth-order valence-electron chi connectivity index (χ4n) is 2.31. The van der Waals surface area contributed by atoms with Crippen molar-refractivity contribution < 1.29 is 14.6 Å². The van der Waals surface area contributed by atoms with Crippen molar-refractivity contribution in [3.63, 3.8) is 0 Å². The first-order valence-electron chi connectivity index (χ1n) is 7.33. The number of hydrogen-bond acceptors (Lipinski definition) is 4. The number of aromatic nitrogens is 1. The minimum Gasteiger partial charge on any atom is -0.493 e. The summed E-state index contributed by atoms with van der Waals surface area (Å²) in [5, 5.41) is 9.76. The number of hydrogen-bond donors (Lipinski definition) is 1. The standard InChI is InChI=1S/C17H21NO3S/c1-11-5-4-6-12(2)17(11)21-10-9-15-18-13(3)14(22-15)7-8-16(19)20/h4-6H,7-10H2,1-3H3,(H,19,20). The normalized spacial score (nSPS) is 10.7. The van der Waals surface area contributed by atoms with Crippen molar-refractivity contribution in [2.45, 2.75) is 40.0 Å². The van der Waals surface area contributed by atoms with E-state index in [0.717, 1.165) is 38.9 Å². The number of carboxylic acid groups (broad SMARTS) is 1. The maximum Gasteiger partial charge on any atom is 0.303 e. The van der Waals surface area contributed by atoms with Crippen molar-refractivity contribution in [1.29, 1.82) is 0 Å². The first-order chi connectivity index (χ1) is 10.5.